The molecule has 0 amide bonds. The van der Waals surface area contributed by atoms with Crippen LogP contribution in [0.4, 0.5) is 0 Å². The number of aliphatic hydroxyl groups is 1. The predicted molar refractivity (Wildman–Crippen MR) is 86.9 cm³/mol. The van der Waals surface area contributed by atoms with Crippen LogP contribution < -0.4 is 0 Å². The van der Waals surface area contributed by atoms with Crippen molar-refractivity contribution in [1.29, 1.82) is 0 Å². The van der Waals surface area contributed by atoms with E-state index in [2.05, 4.69) is 46.1 Å². The Morgan fingerprint density at radius 1 is 1.21 bits per heavy atom. The van der Waals surface area contributed by atoms with Crippen LogP contribution in [0, 0.1) is 0 Å². The summed E-state index contributed by atoms with van der Waals surface area (Å²) in [4.78, 5) is 0. The normalized spacial score (nSPS) is 15.2. The molecule has 0 heterocycles. The molecule has 2 heteroatoms. The predicted octanol–water partition coefficient (Wildman–Crippen LogP) is 4.88. The minimum atomic E-state index is -1.58. The van der Waals surface area contributed by atoms with Crippen LogP contribution in [0.25, 0.3) is 0 Å². The highest BCUT2D eigenvalue weighted by atomic mass is 28.3. The van der Waals surface area contributed by atoms with E-state index >= 15 is 0 Å². The van der Waals surface area contributed by atoms with Crippen molar-refractivity contribution < 1.29 is 5.11 Å². The Bertz CT molecular complexity index is 452. The van der Waals surface area contributed by atoms with E-state index in [1.165, 1.54) is 0 Å². The maximum atomic E-state index is 10.5. The van der Waals surface area contributed by atoms with E-state index in [9.17, 15) is 5.11 Å². The molecule has 1 unspecified atom stereocenters. The van der Waals surface area contributed by atoms with Gasteiger partial charge in [-0.1, -0.05) is 82.6 Å². The zero-order valence-electron chi connectivity index (χ0n) is 12.8. The number of hydrogen-bond donors (Lipinski definition) is 1. The molecule has 0 bridgehead atoms. The fourth-order valence-electron chi connectivity index (χ4n) is 1.71. The number of benzene rings is 1. The van der Waals surface area contributed by atoms with E-state index in [-0.39, 0.29) is 5.04 Å². The van der Waals surface area contributed by atoms with Crippen LogP contribution in [-0.2, 0) is 0 Å². The molecule has 0 aliphatic rings. The monoisotopic (exact) mass is 274 g/mol. The van der Waals surface area contributed by atoms with E-state index in [0.717, 1.165) is 11.1 Å². The van der Waals surface area contributed by atoms with Gasteiger partial charge in [0, 0.05) is 0 Å². The van der Waals surface area contributed by atoms with Crippen LogP contribution in [0.2, 0.25) is 18.1 Å². The third kappa shape index (κ3) is 3.92. The van der Waals surface area contributed by atoms with Crippen molar-refractivity contribution in [3.63, 3.8) is 0 Å². The minimum Gasteiger partial charge on any atom is -0.384 e. The quantitative estimate of drug-likeness (QED) is 0.613. The Balaban J connectivity index is 3.11. The van der Waals surface area contributed by atoms with Gasteiger partial charge in [0.25, 0.3) is 0 Å². The number of rotatable bonds is 4. The van der Waals surface area contributed by atoms with Gasteiger partial charge in [-0.05, 0) is 16.2 Å². The summed E-state index contributed by atoms with van der Waals surface area (Å²) in [5.41, 5.74) is 4.13. The second-order valence-electron chi connectivity index (χ2n) is 6.63. The molecule has 1 nitrogen and oxygen atoms in total. The first kappa shape index (κ1) is 15.9. The van der Waals surface area contributed by atoms with Crippen LogP contribution >= 0.6 is 0 Å². The van der Waals surface area contributed by atoms with Gasteiger partial charge in [0.2, 0.25) is 0 Å². The molecule has 1 aromatic rings. The molecule has 0 aromatic heterocycles. The molecule has 0 radical (unpaired) electrons. The molecule has 0 fully saturated rings. The SMILES string of the molecule is C=C/C(=C\[Si](C)(C)C(C)(C)C)C(O)c1ccccc1. The third-order valence-electron chi connectivity index (χ3n) is 4.13. The standard InChI is InChI=1S/C17H26OSi/c1-7-14(13-19(5,6)17(2,3)4)16(18)15-11-9-8-10-12-15/h7-13,16,18H,1H2,2-6H3/b14-13+. The first-order valence-corrected chi connectivity index (χ1v) is 9.85. The molecule has 0 spiro atoms. The van der Waals surface area contributed by atoms with Crippen molar-refractivity contribution in [3.05, 3.63) is 59.8 Å². The third-order valence-corrected chi connectivity index (χ3v) is 9.05. The maximum Gasteiger partial charge on any atom is 0.103 e. The van der Waals surface area contributed by atoms with Crippen LogP contribution in [0.5, 0.6) is 0 Å². The van der Waals surface area contributed by atoms with Crippen molar-refractivity contribution in [2.75, 3.05) is 0 Å². The molecular formula is C17H26OSi. The lowest BCUT2D eigenvalue weighted by molar-refractivity contribution is 0.220. The van der Waals surface area contributed by atoms with Gasteiger partial charge < -0.3 is 5.11 Å². The summed E-state index contributed by atoms with van der Waals surface area (Å²) in [5, 5.41) is 10.8. The Hall–Kier alpha value is -1.12. The average Bonchev–Trinajstić information content (AvgIpc) is 2.35. The zero-order valence-corrected chi connectivity index (χ0v) is 13.8. The molecule has 19 heavy (non-hydrogen) atoms. The summed E-state index contributed by atoms with van der Waals surface area (Å²) in [7, 11) is -1.58. The van der Waals surface area contributed by atoms with Gasteiger partial charge in [-0.2, -0.15) is 0 Å². The first-order chi connectivity index (χ1) is 8.69. The van der Waals surface area contributed by atoms with Crippen molar-refractivity contribution in [3.8, 4) is 0 Å². The van der Waals surface area contributed by atoms with E-state index in [1.807, 2.05) is 30.3 Å². The molecule has 104 valence electrons. The summed E-state index contributed by atoms with van der Waals surface area (Å²) >= 11 is 0. The van der Waals surface area contributed by atoms with Crippen LogP contribution in [0.3, 0.4) is 0 Å². The number of hydrogen-bond acceptors (Lipinski definition) is 1. The van der Waals surface area contributed by atoms with E-state index < -0.39 is 14.2 Å². The largest absolute Gasteiger partial charge is 0.384 e. The number of aliphatic hydroxyl groups excluding tert-OH is 1. The maximum absolute atomic E-state index is 10.5. The van der Waals surface area contributed by atoms with Crippen molar-refractivity contribution in [1.82, 2.24) is 0 Å². The fraction of sp³-hybridized carbons (Fsp3) is 0.412. The van der Waals surface area contributed by atoms with Crippen LogP contribution in [0.15, 0.2) is 54.3 Å². The van der Waals surface area contributed by atoms with E-state index in [1.54, 1.807) is 6.08 Å². The molecule has 0 aliphatic carbocycles. The Morgan fingerprint density at radius 3 is 2.16 bits per heavy atom. The molecule has 0 saturated heterocycles. The lowest BCUT2D eigenvalue weighted by atomic mass is 10.0. The molecule has 1 N–H and O–H groups in total. The highest BCUT2D eigenvalue weighted by molar-refractivity contribution is 6.84. The zero-order chi connectivity index (χ0) is 14.7. The summed E-state index contributed by atoms with van der Waals surface area (Å²) < 4.78 is 0. The van der Waals surface area contributed by atoms with Gasteiger partial charge in [-0.15, -0.1) is 0 Å². The minimum absolute atomic E-state index is 0.262. The summed E-state index contributed by atoms with van der Waals surface area (Å²) in [6.07, 6.45) is 1.21. The van der Waals surface area contributed by atoms with Crippen molar-refractivity contribution >= 4 is 8.07 Å². The molecular weight excluding hydrogens is 248 g/mol. The highest BCUT2D eigenvalue weighted by Crippen LogP contribution is 2.38. The molecule has 1 atom stereocenters. The van der Waals surface area contributed by atoms with Gasteiger partial charge in [0.1, 0.15) is 6.10 Å². The smallest absolute Gasteiger partial charge is 0.103 e. The fourth-order valence-corrected chi connectivity index (χ4v) is 3.25. The topological polar surface area (TPSA) is 20.2 Å². The van der Waals surface area contributed by atoms with Gasteiger partial charge >= 0.3 is 0 Å². The summed E-state index contributed by atoms with van der Waals surface area (Å²) in [6, 6.07) is 9.76. The average molecular weight is 274 g/mol. The highest BCUT2D eigenvalue weighted by Gasteiger charge is 2.33. The van der Waals surface area contributed by atoms with Gasteiger partial charge in [0.15, 0.2) is 0 Å². The Kier molecular flexibility index (Phi) is 4.94. The van der Waals surface area contributed by atoms with Crippen molar-refractivity contribution in [2.24, 2.45) is 0 Å². The van der Waals surface area contributed by atoms with E-state index in [0.29, 0.717) is 0 Å². The molecule has 0 saturated carbocycles. The Labute approximate surface area is 118 Å². The molecule has 0 aliphatic heterocycles. The second-order valence-corrected chi connectivity index (χ2v) is 11.9. The molecule has 1 aromatic carbocycles. The first-order valence-electron chi connectivity index (χ1n) is 6.77. The van der Waals surface area contributed by atoms with Crippen LogP contribution in [-0.4, -0.2) is 13.2 Å². The summed E-state index contributed by atoms with van der Waals surface area (Å²) in [6.45, 7) is 15.3. The molecule has 1 rings (SSSR count). The van der Waals surface area contributed by atoms with Crippen molar-refractivity contribution in [2.45, 2.75) is 45.0 Å². The Morgan fingerprint density at radius 2 is 1.74 bits per heavy atom. The van der Waals surface area contributed by atoms with Gasteiger partial charge in [-0.25, -0.2) is 0 Å². The lowest BCUT2D eigenvalue weighted by Crippen LogP contribution is -2.35. The van der Waals surface area contributed by atoms with Gasteiger partial charge in [-0.3, -0.25) is 0 Å². The lowest BCUT2D eigenvalue weighted by Gasteiger charge is -2.35. The second kappa shape index (κ2) is 5.89. The van der Waals surface area contributed by atoms with Crippen LogP contribution in [0.1, 0.15) is 32.4 Å². The summed E-state index contributed by atoms with van der Waals surface area (Å²) in [5.74, 6) is 0. The van der Waals surface area contributed by atoms with E-state index in [4.69, 9.17) is 0 Å². The van der Waals surface area contributed by atoms with Gasteiger partial charge in [0.05, 0.1) is 8.07 Å².